The number of halogens is 3. The van der Waals surface area contributed by atoms with Crippen molar-refractivity contribution in [3.63, 3.8) is 0 Å². The highest BCUT2D eigenvalue weighted by atomic mass is 19.4. The lowest BCUT2D eigenvalue weighted by molar-refractivity contribution is -0.137. The molecule has 0 aliphatic rings. The Morgan fingerprint density at radius 1 is 0.975 bits per heavy atom. The summed E-state index contributed by atoms with van der Waals surface area (Å²) < 4.78 is 38.6. The number of nitrogens with zero attached hydrogens (tertiary/aromatic N) is 1. The van der Waals surface area contributed by atoms with Crippen LogP contribution >= 0.6 is 0 Å². The van der Waals surface area contributed by atoms with Crippen molar-refractivity contribution in [1.29, 1.82) is 0 Å². The number of ketones is 1. The summed E-state index contributed by atoms with van der Waals surface area (Å²) in [7, 11) is 0. The molecule has 0 aliphatic heterocycles. The highest BCUT2D eigenvalue weighted by molar-refractivity contribution is 5.95. The molecule has 0 radical (unpaired) electrons. The number of urea groups is 1. The Morgan fingerprint density at radius 3 is 2.27 bits per heavy atom. The maximum Gasteiger partial charge on any atom is 0.416 e. The van der Waals surface area contributed by atoms with E-state index in [1.165, 1.54) is 19.1 Å². The lowest BCUT2D eigenvalue weighted by Gasteiger charge is -2.12. The van der Waals surface area contributed by atoms with Crippen LogP contribution in [0.15, 0.2) is 101 Å². The first kappa shape index (κ1) is 32.0. The minimum atomic E-state index is -4.48. The number of nitrogens with one attached hydrogen (secondary N) is 2. The predicted molar refractivity (Wildman–Crippen MR) is 157 cm³/mol. The number of hydrogen-bond acceptors (Lipinski definition) is 3. The van der Waals surface area contributed by atoms with Gasteiger partial charge in [-0.25, -0.2) is 4.79 Å². The molecule has 0 saturated heterocycles. The van der Waals surface area contributed by atoms with Crippen molar-refractivity contribution in [2.45, 2.75) is 53.3 Å². The smallest absolute Gasteiger partial charge is 0.334 e. The van der Waals surface area contributed by atoms with E-state index in [1.54, 1.807) is 12.2 Å². The Bertz CT molecular complexity index is 1320. The van der Waals surface area contributed by atoms with E-state index in [4.69, 9.17) is 4.99 Å². The van der Waals surface area contributed by atoms with Crippen LogP contribution in [0.4, 0.5) is 23.7 Å². The maximum absolute atomic E-state index is 12.9. The van der Waals surface area contributed by atoms with E-state index in [-0.39, 0.29) is 23.9 Å². The normalized spacial score (nSPS) is 14.1. The standard InChI is InChI=1S/C32H36F3N3O2/c1-6-9-28(26(7-2)15-12-24(5)39)18-23(4)36-20-22(3)27-16-13-25(14-17-27)21-37-31(40)38-30-11-8-10-29(19-30)32(33,34)35/h6-19,22H,20-21H2,1-5H3,(H2,37,38,40)/b9-6-,15-12-,26-7-,28-18+,36-23?. The molecule has 5 nitrogen and oxygen atoms in total. The molecule has 2 aromatic rings. The second-order valence-corrected chi connectivity index (χ2v) is 9.30. The van der Waals surface area contributed by atoms with Gasteiger partial charge in [-0.05, 0) is 80.3 Å². The van der Waals surface area contributed by atoms with Gasteiger partial charge in [-0.2, -0.15) is 13.2 Å². The van der Waals surface area contributed by atoms with E-state index in [0.717, 1.165) is 40.1 Å². The minimum Gasteiger partial charge on any atom is -0.334 e. The average molecular weight is 552 g/mol. The SMILES string of the molecule is C\C=C/C(=C\C(C)=NCC(C)c1ccc(CNC(=O)Nc2cccc(C(F)(F)F)c2)cc1)C(/C=C\C(C)=O)=C\C. The van der Waals surface area contributed by atoms with Crippen molar-refractivity contribution >= 4 is 23.2 Å². The van der Waals surface area contributed by atoms with Gasteiger partial charge in [0.25, 0.3) is 0 Å². The first-order chi connectivity index (χ1) is 18.9. The summed E-state index contributed by atoms with van der Waals surface area (Å²) in [6, 6.07) is 11.6. The van der Waals surface area contributed by atoms with Crippen LogP contribution in [-0.4, -0.2) is 24.1 Å². The highest BCUT2D eigenvalue weighted by Gasteiger charge is 2.30. The minimum absolute atomic E-state index is 0.0152. The van der Waals surface area contributed by atoms with E-state index in [9.17, 15) is 22.8 Å². The second-order valence-electron chi connectivity index (χ2n) is 9.30. The van der Waals surface area contributed by atoms with Crippen LogP contribution in [0.25, 0.3) is 0 Å². The van der Waals surface area contributed by atoms with Gasteiger partial charge in [0.1, 0.15) is 0 Å². The molecule has 1 unspecified atom stereocenters. The number of rotatable bonds is 11. The van der Waals surface area contributed by atoms with Gasteiger partial charge in [-0.1, -0.05) is 61.6 Å². The number of anilines is 1. The van der Waals surface area contributed by atoms with Crippen LogP contribution in [0.2, 0.25) is 0 Å². The van der Waals surface area contributed by atoms with E-state index in [1.807, 2.05) is 69.3 Å². The quantitative estimate of drug-likeness (QED) is 0.168. The molecule has 2 aromatic carbocycles. The Hall–Kier alpha value is -4.20. The summed E-state index contributed by atoms with van der Waals surface area (Å²) in [6.45, 7) is 10.2. The van der Waals surface area contributed by atoms with E-state index in [2.05, 4.69) is 17.6 Å². The van der Waals surface area contributed by atoms with Gasteiger partial charge in [-0.15, -0.1) is 0 Å². The molecule has 0 bridgehead atoms. The second kappa shape index (κ2) is 15.4. The molecular formula is C32H36F3N3O2. The van der Waals surface area contributed by atoms with Crippen LogP contribution in [0.1, 0.15) is 57.2 Å². The molecule has 0 spiro atoms. The lowest BCUT2D eigenvalue weighted by Crippen LogP contribution is -2.28. The summed E-state index contributed by atoms with van der Waals surface area (Å²) in [5.74, 6) is 0.136. The Balaban J connectivity index is 1.97. The summed E-state index contributed by atoms with van der Waals surface area (Å²) >= 11 is 0. The summed E-state index contributed by atoms with van der Waals surface area (Å²) in [5, 5.41) is 5.09. The van der Waals surface area contributed by atoms with Crippen molar-refractivity contribution in [2.75, 3.05) is 11.9 Å². The van der Waals surface area contributed by atoms with Gasteiger partial charge < -0.3 is 10.6 Å². The molecule has 2 rings (SSSR count). The van der Waals surface area contributed by atoms with Crippen molar-refractivity contribution in [3.05, 3.63) is 113 Å². The number of allylic oxidation sites excluding steroid dienone is 8. The molecule has 212 valence electrons. The number of amides is 2. The Labute approximate surface area is 234 Å². The number of benzene rings is 2. The van der Waals surface area contributed by atoms with E-state index >= 15 is 0 Å². The zero-order valence-corrected chi connectivity index (χ0v) is 23.5. The highest BCUT2D eigenvalue weighted by Crippen LogP contribution is 2.30. The van der Waals surface area contributed by atoms with Crippen LogP contribution in [-0.2, 0) is 17.5 Å². The van der Waals surface area contributed by atoms with E-state index < -0.39 is 17.8 Å². The van der Waals surface area contributed by atoms with Gasteiger partial charge in [0.15, 0.2) is 5.78 Å². The molecule has 2 N–H and O–H groups in total. The van der Waals surface area contributed by atoms with Gasteiger partial charge in [0.05, 0.1) is 5.56 Å². The third-order valence-corrected chi connectivity index (χ3v) is 5.92. The lowest BCUT2D eigenvalue weighted by atomic mass is 9.99. The monoisotopic (exact) mass is 551 g/mol. The van der Waals surface area contributed by atoms with Crippen molar-refractivity contribution in [3.8, 4) is 0 Å². The number of carbonyl (C=O) groups is 2. The van der Waals surface area contributed by atoms with Crippen LogP contribution < -0.4 is 10.6 Å². The fourth-order valence-electron chi connectivity index (χ4n) is 3.73. The third kappa shape index (κ3) is 10.9. The molecule has 0 fully saturated rings. The van der Waals surface area contributed by atoms with Gasteiger partial charge >= 0.3 is 12.2 Å². The molecule has 2 amide bonds. The zero-order valence-electron chi connectivity index (χ0n) is 23.5. The van der Waals surface area contributed by atoms with Gasteiger partial charge in [0, 0.05) is 30.4 Å². The fraction of sp³-hybridized carbons (Fsp3) is 0.281. The maximum atomic E-state index is 12.9. The van der Waals surface area contributed by atoms with Crippen molar-refractivity contribution < 1.29 is 22.8 Å². The Morgan fingerprint density at radius 2 is 1.68 bits per heavy atom. The summed E-state index contributed by atoms with van der Waals surface area (Å²) in [4.78, 5) is 28.2. The number of hydrogen-bond donors (Lipinski definition) is 2. The van der Waals surface area contributed by atoms with Crippen LogP contribution in [0, 0.1) is 0 Å². The number of carbonyl (C=O) groups excluding carboxylic acids is 2. The molecule has 0 aliphatic carbocycles. The Kier molecular flexibility index (Phi) is 12.3. The predicted octanol–water partition coefficient (Wildman–Crippen LogP) is 8.19. The third-order valence-electron chi connectivity index (χ3n) is 5.92. The fourth-order valence-corrected chi connectivity index (χ4v) is 3.73. The molecule has 0 aromatic heterocycles. The van der Waals surface area contributed by atoms with E-state index in [0.29, 0.717) is 6.54 Å². The number of aliphatic imine (C=N–C) groups is 1. The molecule has 0 heterocycles. The van der Waals surface area contributed by atoms with Gasteiger partial charge in [-0.3, -0.25) is 9.79 Å². The molecule has 1 atom stereocenters. The van der Waals surface area contributed by atoms with Crippen molar-refractivity contribution in [2.24, 2.45) is 4.99 Å². The average Bonchev–Trinajstić information content (AvgIpc) is 2.90. The largest absolute Gasteiger partial charge is 0.416 e. The molecule has 0 saturated carbocycles. The zero-order chi connectivity index (χ0) is 29.7. The van der Waals surface area contributed by atoms with Crippen LogP contribution in [0.5, 0.6) is 0 Å². The number of alkyl halides is 3. The van der Waals surface area contributed by atoms with Crippen molar-refractivity contribution in [1.82, 2.24) is 5.32 Å². The summed E-state index contributed by atoms with van der Waals surface area (Å²) in [6.07, 6.45) is 6.73. The molecule has 40 heavy (non-hydrogen) atoms. The topological polar surface area (TPSA) is 70.6 Å². The molecular weight excluding hydrogens is 515 g/mol. The molecule has 8 heteroatoms. The van der Waals surface area contributed by atoms with Gasteiger partial charge in [0.2, 0.25) is 0 Å². The first-order valence-electron chi connectivity index (χ1n) is 12.9. The van der Waals surface area contributed by atoms with Crippen LogP contribution in [0.3, 0.4) is 0 Å². The first-order valence-corrected chi connectivity index (χ1v) is 12.9. The summed E-state index contributed by atoms with van der Waals surface area (Å²) in [5.41, 5.74) is 3.94.